The minimum Gasteiger partial charge on any atom is -0.288 e. The summed E-state index contributed by atoms with van der Waals surface area (Å²) in [7, 11) is 0. The SMILES string of the molecule is O=C1C(=Cc2ccc(N(c3ccccc3)c3nccc4ccccc34)s2)C(=O)c2ccccc21. The van der Waals surface area contributed by atoms with Gasteiger partial charge in [-0.25, -0.2) is 4.98 Å². The monoisotopic (exact) mass is 458 g/mol. The Labute approximate surface area is 200 Å². The Kier molecular flexibility index (Phi) is 4.90. The number of hydrogen-bond acceptors (Lipinski definition) is 5. The van der Waals surface area contributed by atoms with Crippen molar-refractivity contribution in [2.45, 2.75) is 0 Å². The quantitative estimate of drug-likeness (QED) is 0.211. The zero-order valence-corrected chi connectivity index (χ0v) is 18.8. The van der Waals surface area contributed by atoms with Gasteiger partial charge in [0.1, 0.15) is 10.8 Å². The van der Waals surface area contributed by atoms with Gasteiger partial charge in [0, 0.05) is 33.3 Å². The van der Waals surface area contributed by atoms with Gasteiger partial charge >= 0.3 is 0 Å². The van der Waals surface area contributed by atoms with E-state index in [9.17, 15) is 9.59 Å². The van der Waals surface area contributed by atoms with Crippen molar-refractivity contribution >= 4 is 56.3 Å². The molecule has 0 aliphatic heterocycles. The lowest BCUT2D eigenvalue weighted by atomic mass is 10.1. The number of thiophene rings is 1. The largest absolute Gasteiger partial charge is 0.288 e. The highest BCUT2D eigenvalue weighted by molar-refractivity contribution is 7.17. The molecule has 0 saturated carbocycles. The molecule has 34 heavy (non-hydrogen) atoms. The molecule has 5 aromatic rings. The number of nitrogens with zero attached hydrogens (tertiary/aromatic N) is 2. The first kappa shape index (κ1) is 20.3. The van der Waals surface area contributed by atoms with Crippen LogP contribution in [0.3, 0.4) is 0 Å². The maximum Gasteiger partial charge on any atom is 0.197 e. The summed E-state index contributed by atoms with van der Waals surface area (Å²) in [4.78, 5) is 33.4. The van der Waals surface area contributed by atoms with E-state index in [1.807, 2.05) is 66.9 Å². The first-order valence-corrected chi connectivity index (χ1v) is 11.7. The number of rotatable bonds is 4. The Balaban J connectivity index is 1.46. The first-order chi connectivity index (χ1) is 16.7. The van der Waals surface area contributed by atoms with Crippen molar-refractivity contribution in [3.63, 3.8) is 0 Å². The van der Waals surface area contributed by atoms with Crippen molar-refractivity contribution in [3.05, 3.63) is 125 Å². The standard InChI is InChI=1S/C29H18N2O2S/c32-27-23-12-6-7-13-24(23)28(33)25(27)18-21-14-15-26(34-21)31(20-9-2-1-3-10-20)29-22-11-5-4-8-19(22)16-17-30-29/h1-18H. The average Bonchev–Trinajstić information content (AvgIpc) is 3.44. The number of anilines is 3. The summed E-state index contributed by atoms with van der Waals surface area (Å²) in [5.41, 5.74) is 2.14. The molecule has 0 unspecified atom stereocenters. The van der Waals surface area contributed by atoms with E-state index in [1.54, 1.807) is 30.3 Å². The lowest BCUT2D eigenvalue weighted by Gasteiger charge is -2.23. The Hall–Kier alpha value is -4.35. The lowest BCUT2D eigenvalue weighted by molar-refractivity contribution is 0.0990. The maximum absolute atomic E-state index is 12.8. The third kappa shape index (κ3) is 3.34. The van der Waals surface area contributed by atoms with Gasteiger partial charge in [0.25, 0.3) is 0 Å². The summed E-state index contributed by atoms with van der Waals surface area (Å²) in [5.74, 6) is 0.392. The van der Waals surface area contributed by atoms with Gasteiger partial charge in [-0.05, 0) is 41.8 Å². The molecule has 2 aromatic heterocycles. The minimum atomic E-state index is -0.216. The van der Waals surface area contributed by atoms with Gasteiger partial charge < -0.3 is 0 Å². The number of ketones is 2. The molecule has 3 aromatic carbocycles. The van der Waals surface area contributed by atoms with E-state index in [-0.39, 0.29) is 17.1 Å². The van der Waals surface area contributed by atoms with Crippen molar-refractivity contribution < 1.29 is 9.59 Å². The van der Waals surface area contributed by atoms with Gasteiger partial charge in [0.05, 0.1) is 5.57 Å². The second-order valence-electron chi connectivity index (χ2n) is 7.96. The van der Waals surface area contributed by atoms with Gasteiger partial charge in [-0.1, -0.05) is 66.7 Å². The van der Waals surface area contributed by atoms with Crippen LogP contribution in [0.15, 0.2) is 109 Å². The van der Waals surface area contributed by atoms with Gasteiger partial charge in [-0.2, -0.15) is 0 Å². The molecule has 0 spiro atoms. The number of Topliss-reactive ketones (excluding diaryl/α,β-unsaturated/α-hetero) is 2. The Morgan fingerprint density at radius 1 is 0.706 bits per heavy atom. The average molecular weight is 459 g/mol. The predicted octanol–water partition coefficient (Wildman–Crippen LogP) is 7.23. The van der Waals surface area contributed by atoms with Crippen molar-refractivity contribution in [1.82, 2.24) is 4.98 Å². The van der Waals surface area contributed by atoms with Crippen LogP contribution in [0.1, 0.15) is 25.6 Å². The number of carbonyl (C=O) groups is 2. The third-order valence-electron chi connectivity index (χ3n) is 5.90. The van der Waals surface area contributed by atoms with E-state index in [0.29, 0.717) is 11.1 Å². The molecule has 0 fully saturated rings. The Morgan fingerprint density at radius 2 is 1.38 bits per heavy atom. The molecule has 0 amide bonds. The van der Waals surface area contributed by atoms with Crippen LogP contribution in [0, 0.1) is 0 Å². The summed E-state index contributed by atoms with van der Waals surface area (Å²) in [6.45, 7) is 0. The molecule has 0 saturated heterocycles. The highest BCUT2D eigenvalue weighted by atomic mass is 32.1. The molecule has 1 aliphatic carbocycles. The molecule has 162 valence electrons. The fraction of sp³-hybridized carbons (Fsp3) is 0. The number of benzene rings is 3. The molecule has 0 N–H and O–H groups in total. The topological polar surface area (TPSA) is 50.3 Å². The highest BCUT2D eigenvalue weighted by Gasteiger charge is 2.32. The van der Waals surface area contributed by atoms with Gasteiger partial charge in [0.15, 0.2) is 11.6 Å². The first-order valence-electron chi connectivity index (χ1n) is 10.9. The fourth-order valence-corrected chi connectivity index (χ4v) is 5.27. The molecule has 6 rings (SSSR count). The summed E-state index contributed by atoms with van der Waals surface area (Å²) >= 11 is 1.51. The van der Waals surface area contributed by atoms with E-state index in [4.69, 9.17) is 4.98 Å². The molecule has 0 atom stereocenters. The summed E-state index contributed by atoms with van der Waals surface area (Å²) in [6.07, 6.45) is 3.52. The van der Waals surface area contributed by atoms with Crippen LogP contribution in [-0.4, -0.2) is 16.6 Å². The summed E-state index contributed by atoms with van der Waals surface area (Å²) in [5, 5.41) is 3.09. The van der Waals surface area contributed by atoms with Crippen LogP contribution in [0.2, 0.25) is 0 Å². The molecule has 5 heteroatoms. The zero-order valence-electron chi connectivity index (χ0n) is 18.0. The second kappa shape index (κ2) is 8.21. The number of carbonyl (C=O) groups excluding carboxylic acids is 2. The fourth-order valence-electron chi connectivity index (χ4n) is 4.30. The van der Waals surface area contributed by atoms with Crippen molar-refractivity contribution in [3.8, 4) is 0 Å². The predicted molar refractivity (Wildman–Crippen MR) is 137 cm³/mol. The molecule has 0 radical (unpaired) electrons. The highest BCUT2D eigenvalue weighted by Crippen LogP contribution is 2.41. The van der Waals surface area contributed by atoms with Crippen LogP contribution in [-0.2, 0) is 0 Å². The summed E-state index contributed by atoms with van der Waals surface area (Å²) in [6, 6.07) is 31.2. The number of pyridine rings is 1. The van der Waals surface area contributed by atoms with Crippen LogP contribution >= 0.6 is 11.3 Å². The van der Waals surface area contributed by atoms with E-state index >= 15 is 0 Å². The van der Waals surface area contributed by atoms with Gasteiger partial charge in [-0.15, -0.1) is 11.3 Å². The number of fused-ring (bicyclic) bond motifs is 2. The molecular weight excluding hydrogens is 440 g/mol. The molecule has 2 heterocycles. The van der Waals surface area contributed by atoms with E-state index < -0.39 is 0 Å². The number of para-hydroxylation sites is 1. The lowest BCUT2D eigenvalue weighted by Crippen LogP contribution is -2.10. The van der Waals surface area contributed by atoms with Crippen molar-refractivity contribution in [2.75, 3.05) is 4.90 Å². The van der Waals surface area contributed by atoms with E-state index in [1.165, 1.54) is 11.3 Å². The molecule has 1 aliphatic rings. The van der Waals surface area contributed by atoms with Crippen LogP contribution in [0.4, 0.5) is 16.5 Å². The van der Waals surface area contributed by atoms with E-state index in [2.05, 4.69) is 17.0 Å². The smallest absolute Gasteiger partial charge is 0.197 e. The number of hydrogen-bond donors (Lipinski definition) is 0. The van der Waals surface area contributed by atoms with Gasteiger partial charge in [0.2, 0.25) is 0 Å². The molecular formula is C29H18N2O2S. The molecule has 4 nitrogen and oxygen atoms in total. The minimum absolute atomic E-state index is 0.212. The Bertz CT molecular complexity index is 1560. The summed E-state index contributed by atoms with van der Waals surface area (Å²) < 4.78 is 0. The van der Waals surface area contributed by atoms with Crippen LogP contribution < -0.4 is 4.90 Å². The maximum atomic E-state index is 12.8. The van der Waals surface area contributed by atoms with Crippen molar-refractivity contribution in [2.24, 2.45) is 0 Å². The second-order valence-corrected chi connectivity index (χ2v) is 9.06. The van der Waals surface area contributed by atoms with Gasteiger partial charge in [-0.3, -0.25) is 14.5 Å². The van der Waals surface area contributed by atoms with Crippen LogP contribution in [0.25, 0.3) is 16.8 Å². The normalized spacial score (nSPS) is 12.8. The molecule has 0 bridgehead atoms. The van der Waals surface area contributed by atoms with Crippen molar-refractivity contribution in [1.29, 1.82) is 0 Å². The van der Waals surface area contributed by atoms with E-state index in [0.717, 1.165) is 32.2 Å². The Morgan fingerprint density at radius 3 is 2.15 bits per heavy atom. The van der Waals surface area contributed by atoms with Crippen LogP contribution in [0.5, 0.6) is 0 Å². The number of aromatic nitrogens is 1. The third-order valence-corrected chi connectivity index (χ3v) is 6.92. The number of allylic oxidation sites excluding steroid dienone is 1. The zero-order chi connectivity index (χ0) is 23.1.